The van der Waals surface area contributed by atoms with Gasteiger partial charge >= 0.3 is 0 Å². The van der Waals surface area contributed by atoms with Crippen LogP contribution in [-0.2, 0) is 13.6 Å². The van der Waals surface area contributed by atoms with Crippen molar-refractivity contribution in [2.24, 2.45) is 18.4 Å². The first kappa shape index (κ1) is 12.3. The monoisotopic (exact) mass is 208 g/mol. The number of aromatic nitrogens is 1. The summed E-state index contributed by atoms with van der Waals surface area (Å²) in [6.45, 7) is 11.2. The predicted octanol–water partition coefficient (Wildman–Crippen LogP) is 2.80. The zero-order chi connectivity index (χ0) is 11.5. The van der Waals surface area contributed by atoms with E-state index in [1.165, 1.54) is 5.56 Å². The molecule has 2 heteroatoms. The van der Waals surface area contributed by atoms with Crippen molar-refractivity contribution in [3.63, 3.8) is 0 Å². The quantitative estimate of drug-likeness (QED) is 0.805. The first-order chi connectivity index (χ1) is 6.89. The lowest BCUT2D eigenvalue weighted by Gasteiger charge is -2.27. The Morgan fingerprint density at radius 3 is 2.53 bits per heavy atom. The van der Waals surface area contributed by atoms with Gasteiger partial charge in [-0.05, 0) is 29.5 Å². The van der Waals surface area contributed by atoms with E-state index in [0.29, 0.717) is 11.3 Å². The summed E-state index contributed by atoms with van der Waals surface area (Å²) < 4.78 is 2.09. The van der Waals surface area contributed by atoms with Crippen LogP contribution in [0.25, 0.3) is 0 Å². The Kier molecular flexibility index (Phi) is 3.97. The van der Waals surface area contributed by atoms with Crippen molar-refractivity contribution < 1.29 is 0 Å². The van der Waals surface area contributed by atoms with Gasteiger partial charge in [0.05, 0.1) is 0 Å². The number of aryl methyl sites for hydroxylation is 1. The molecule has 0 saturated carbocycles. The van der Waals surface area contributed by atoms with E-state index in [4.69, 9.17) is 0 Å². The molecule has 0 bridgehead atoms. The molecule has 1 heterocycles. The summed E-state index contributed by atoms with van der Waals surface area (Å²) in [5, 5.41) is 3.51. The zero-order valence-electron chi connectivity index (χ0n) is 10.7. The van der Waals surface area contributed by atoms with Crippen molar-refractivity contribution in [1.82, 2.24) is 9.88 Å². The van der Waals surface area contributed by atoms with Crippen molar-refractivity contribution in [2.75, 3.05) is 6.54 Å². The molecule has 1 N–H and O–H groups in total. The van der Waals surface area contributed by atoms with Gasteiger partial charge in [-0.2, -0.15) is 0 Å². The van der Waals surface area contributed by atoms with Gasteiger partial charge in [-0.25, -0.2) is 0 Å². The number of rotatable bonds is 4. The molecule has 0 aromatic carbocycles. The Labute approximate surface area is 93.7 Å². The highest BCUT2D eigenvalue weighted by molar-refractivity contribution is 5.09. The molecular formula is C13H24N2. The molecule has 1 atom stereocenters. The fraction of sp³-hybridized carbons (Fsp3) is 0.692. The van der Waals surface area contributed by atoms with Gasteiger partial charge in [0.1, 0.15) is 0 Å². The van der Waals surface area contributed by atoms with E-state index in [9.17, 15) is 0 Å². The normalized spacial score (nSPS) is 14.2. The molecule has 1 aromatic rings. The van der Waals surface area contributed by atoms with Crippen LogP contribution in [0.5, 0.6) is 0 Å². The highest BCUT2D eigenvalue weighted by atomic mass is 14.9. The first-order valence-corrected chi connectivity index (χ1v) is 5.71. The first-order valence-electron chi connectivity index (χ1n) is 5.71. The standard InChI is InChI=1S/C13H24N2/c1-11(13(2,3)4)8-14-9-12-6-7-15(5)10-12/h6-7,10-11,14H,8-9H2,1-5H3. The van der Waals surface area contributed by atoms with E-state index < -0.39 is 0 Å². The van der Waals surface area contributed by atoms with Crippen LogP contribution in [0, 0.1) is 11.3 Å². The van der Waals surface area contributed by atoms with E-state index in [-0.39, 0.29) is 0 Å². The van der Waals surface area contributed by atoms with E-state index in [0.717, 1.165) is 13.1 Å². The van der Waals surface area contributed by atoms with Crippen molar-refractivity contribution in [3.05, 3.63) is 24.0 Å². The molecule has 2 nitrogen and oxygen atoms in total. The summed E-state index contributed by atoms with van der Waals surface area (Å²) in [6, 6.07) is 2.16. The average Bonchev–Trinajstić information content (AvgIpc) is 2.49. The lowest BCUT2D eigenvalue weighted by atomic mass is 9.82. The molecule has 0 aliphatic heterocycles. The third kappa shape index (κ3) is 4.08. The molecule has 0 fully saturated rings. The maximum atomic E-state index is 3.51. The summed E-state index contributed by atoms with van der Waals surface area (Å²) in [7, 11) is 2.06. The van der Waals surface area contributed by atoms with Crippen LogP contribution in [0.4, 0.5) is 0 Å². The van der Waals surface area contributed by atoms with Gasteiger partial charge in [0, 0.05) is 26.0 Å². The Morgan fingerprint density at radius 1 is 1.40 bits per heavy atom. The van der Waals surface area contributed by atoms with Crippen LogP contribution in [0.15, 0.2) is 18.5 Å². The highest BCUT2D eigenvalue weighted by Gasteiger charge is 2.18. The van der Waals surface area contributed by atoms with Crippen LogP contribution in [-0.4, -0.2) is 11.1 Å². The lowest BCUT2D eigenvalue weighted by Crippen LogP contribution is -2.29. The fourth-order valence-electron chi connectivity index (χ4n) is 1.40. The Balaban J connectivity index is 2.28. The van der Waals surface area contributed by atoms with Gasteiger partial charge < -0.3 is 9.88 Å². The molecule has 15 heavy (non-hydrogen) atoms. The summed E-state index contributed by atoms with van der Waals surface area (Å²) in [5.74, 6) is 0.696. The van der Waals surface area contributed by atoms with Crippen molar-refractivity contribution in [2.45, 2.75) is 34.2 Å². The Hall–Kier alpha value is -0.760. The molecular weight excluding hydrogens is 184 g/mol. The smallest absolute Gasteiger partial charge is 0.0220 e. The minimum atomic E-state index is 0.393. The maximum Gasteiger partial charge on any atom is 0.0220 e. The van der Waals surface area contributed by atoms with E-state index in [1.807, 2.05) is 0 Å². The van der Waals surface area contributed by atoms with E-state index in [1.54, 1.807) is 0 Å². The molecule has 1 rings (SSSR count). The largest absolute Gasteiger partial charge is 0.357 e. The number of nitrogens with zero attached hydrogens (tertiary/aromatic N) is 1. The third-order valence-corrected chi connectivity index (χ3v) is 3.15. The van der Waals surface area contributed by atoms with Crippen LogP contribution >= 0.6 is 0 Å². The van der Waals surface area contributed by atoms with Crippen LogP contribution < -0.4 is 5.32 Å². The minimum absolute atomic E-state index is 0.393. The SMILES string of the molecule is CC(CNCc1ccn(C)c1)C(C)(C)C. The van der Waals surface area contributed by atoms with Crippen LogP contribution in [0.2, 0.25) is 0 Å². The lowest BCUT2D eigenvalue weighted by molar-refractivity contribution is 0.252. The summed E-state index contributed by atoms with van der Waals surface area (Å²) in [5.41, 5.74) is 1.75. The van der Waals surface area contributed by atoms with Gasteiger partial charge in [-0.15, -0.1) is 0 Å². The molecule has 0 radical (unpaired) electrons. The van der Waals surface area contributed by atoms with Crippen molar-refractivity contribution in [1.29, 1.82) is 0 Å². The second-order valence-corrected chi connectivity index (χ2v) is 5.58. The summed E-state index contributed by atoms with van der Waals surface area (Å²) >= 11 is 0. The maximum absolute atomic E-state index is 3.51. The second-order valence-electron chi connectivity index (χ2n) is 5.58. The van der Waals surface area contributed by atoms with Gasteiger partial charge in [0.15, 0.2) is 0 Å². The number of nitrogens with one attached hydrogen (secondary N) is 1. The average molecular weight is 208 g/mol. The summed E-state index contributed by atoms with van der Waals surface area (Å²) in [4.78, 5) is 0. The molecule has 1 unspecified atom stereocenters. The molecule has 0 aliphatic carbocycles. The number of hydrogen-bond acceptors (Lipinski definition) is 1. The van der Waals surface area contributed by atoms with Gasteiger partial charge in [0.2, 0.25) is 0 Å². The Bertz CT molecular complexity index is 294. The van der Waals surface area contributed by atoms with E-state index in [2.05, 4.69) is 63.1 Å². The zero-order valence-corrected chi connectivity index (χ0v) is 10.7. The number of hydrogen-bond donors (Lipinski definition) is 1. The highest BCUT2D eigenvalue weighted by Crippen LogP contribution is 2.24. The van der Waals surface area contributed by atoms with Gasteiger partial charge in [0.25, 0.3) is 0 Å². The van der Waals surface area contributed by atoms with Crippen LogP contribution in [0.1, 0.15) is 33.3 Å². The van der Waals surface area contributed by atoms with Crippen molar-refractivity contribution in [3.8, 4) is 0 Å². The molecule has 0 saturated heterocycles. The fourth-order valence-corrected chi connectivity index (χ4v) is 1.40. The molecule has 86 valence electrons. The second kappa shape index (κ2) is 4.84. The van der Waals surface area contributed by atoms with Gasteiger partial charge in [-0.3, -0.25) is 0 Å². The topological polar surface area (TPSA) is 17.0 Å². The minimum Gasteiger partial charge on any atom is -0.357 e. The van der Waals surface area contributed by atoms with Gasteiger partial charge in [-0.1, -0.05) is 27.7 Å². The third-order valence-electron chi connectivity index (χ3n) is 3.15. The van der Waals surface area contributed by atoms with E-state index >= 15 is 0 Å². The predicted molar refractivity (Wildman–Crippen MR) is 65.7 cm³/mol. The molecule has 0 spiro atoms. The summed E-state index contributed by atoms with van der Waals surface area (Å²) in [6.07, 6.45) is 4.25. The molecule has 0 aliphatic rings. The van der Waals surface area contributed by atoms with Crippen LogP contribution in [0.3, 0.4) is 0 Å². The molecule has 0 amide bonds. The Morgan fingerprint density at radius 2 is 2.07 bits per heavy atom. The molecule has 1 aromatic heterocycles. The van der Waals surface area contributed by atoms with Crippen molar-refractivity contribution >= 4 is 0 Å².